The van der Waals surface area contributed by atoms with Gasteiger partial charge in [0, 0.05) is 36.0 Å². The third-order valence-electron chi connectivity index (χ3n) is 4.07. The molecule has 0 spiro atoms. The number of nitrogens with one attached hydrogen (secondary N) is 2. The van der Waals surface area contributed by atoms with Crippen molar-refractivity contribution in [3.8, 4) is 0 Å². The van der Waals surface area contributed by atoms with Gasteiger partial charge in [-0.05, 0) is 42.9 Å². The van der Waals surface area contributed by atoms with Crippen molar-refractivity contribution in [3.05, 3.63) is 59.7 Å². The van der Waals surface area contributed by atoms with Crippen molar-refractivity contribution in [3.63, 3.8) is 0 Å². The van der Waals surface area contributed by atoms with E-state index in [1.165, 1.54) is 12.1 Å². The summed E-state index contributed by atoms with van der Waals surface area (Å²) in [6.45, 7) is 2.61. The zero-order valence-corrected chi connectivity index (χ0v) is 15.9. The number of primary amides is 1. The van der Waals surface area contributed by atoms with Gasteiger partial charge in [0.1, 0.15) is 11.6 Å². The van der Waals surface area contributed by atoms with E-state index in [1.54, 1.807) is 17.0 Å². The van der Waals surface area contributed by atoms with Gasteiger partial charge in [-0.25, -0.2) is 8.78 Å². The van der Waals surface area contributed by atoms with Crippen molar-refractivity contribution < 1.29 is 23.2 Å². The summed E-state index contributed by atoms with van der Waals surface area (Å²) in [7, 11) is 0. The Kier molecular flexibility index (Phi) is 7.79. The Labute approximate surface area is 166 Å². The Morgan fingerprint density at radius 2 is 1.52 bits per heavy atom. The molecule has 0 aliphatic heterocycles. The topological polar surface area (TPSA) is 105 Å². The highest BCUT2D eigenvalue weighted by molar-refractivity contribution is 5.95. The van der Waals surface area contributed by atoms with Crippen molar-refractivity contribution in [1.82, 2.24) is 4.90 Å². The third kappa shape index (κ3) is 7.30. The fourth-order valence-electron chi connectivity index (χ4n) is 2.58. The average molecular weight is 404 g/mol. The van der Waals surface area contributed by atoms with Crippen LogP contribution < -0.4 is 16.4 Å². The predicted octanol–water partition coefficient (Wildman–Crippen LogP) is 2.35. The maximum absolute atomic E-state index is 13.2. The maximum atomic E-state index is 13.2. The van der Waals surface area contributed by atoms with Gasteiger partial charge in [-0.15, -0.1) is 0 Å². The fourth-order valence-corrected chi connectivity index (χ4v) is 2.58. The average Bonchev–Trinajstić information content (AvgIpc) is 2.64. The lowest BCUT2D eigenvalue weighted by atomic mass is 10.2. The van der Waals surface area contributed by atoms with E-state index in [2.05, 4.69) is 10.6 Å². The van der Waals surface area contributed by atoms with Crippen molar-refractivity contribution in [1.29, 1.82) is 0 Å². The lowest BCUT2D eigenvalue weighted by molar-refractivity contribution is -0.119. The van der Waals surface area contributed by atoms with Gasteiger partial charge in [-0.2, -0.15) is 0 Å². The van der Waals surface area contributed by atoms with Crippen LogP contribution in [-0.4, -0.2) is 42.3 Å². The van der Waals surface area contributed by atoms with Gasteiger partial charge in [0.2, 0.25) is 17.7 Å². The van der Waals surface area contributed by atoms with Crippen LogP contribution in [0.5, 0.6) is 0 Å². The van der Waals surface area contributed by atoms with Crippen LogP contribution in [0, 0.1) is 11.6 Å². The van der Waals surface area contributed by atoms with Gasteiger partial charge >= 0.3 is 0 Å². The number of nitrogens with zero attached hydrogens (tertiary/aromatic N) is 1. The second-order valence-electron chi connectivity index (χ2n) is 6.31. The standard InChI is InChI=1S/C20H22F2N4O3/c1-2-26(12-19(28)25-17-10-14(21)9-15(22)11-17)8-7-18(27)24-16-5-3-13(4-6-16)20(23)29/h3-6,9-11H,2,7-8,12H2,1H3,(H2,23,29)(H,24,27)(H,25,28). The lowest BCUT2D eigenvalue weighted by Crippen LogP contribution is -2.35. The number of carbonyl (C=O) groups is 3. The molecular weight excluding hydrogens is 382 g/mol. The SMILES string of the molecule is CCN(CCC(=O)Nc1ccc(C(N)=O)cc1)CC(=O)Nc1cc(F)cc(F)c1. The van der Waals surface area contributed by atoms with Crippen molar-refractivity contribution in [2.45, 2.75) is 13.3 Å². The van der Waals surface area contributed by atoms with Crippen LogP contribution in [0.4, 0.5) is 20.2 Å². The first-order chi connectivity index (χ1) is 13.8. The van der Waals surface area contributed by atoms with Crippen LogP contribution in [0.2, 0.25) is 0 Å². The van der Waals surface area contributed by atoms with Gasteiger partial charge in [-0.3, -0.25) is 19.3 Å². The largest absolute Gasteiger partial charge is 0.366 e. The molecule has 0 bridgehead atoms. The molecule has 29 heavy (non-hydrogen) atoms. The zero-order chi connectivity index (χ0) is 21.4. The molecule has 0 saturated heterocycles. The summed E-state index contributed by atoms with van der Waals surface area (Å²) >= 11 is 0. The third-order valence-corrected chi connectivity index (χ3v) is 4.07. The zero-order valence-electron chi connectivity index (χ0n) is 15.9. The highest BCUT2D eigenvalue weighted by atomic mass is 19.1. The van der Waals surface area contributed by atoms with E-state index in [0.717, 1.165) is 12.1 Å². The van der Waals surface area contributed by atoms with Gasteiger partial charge < -0.3 is 16.4 Å². The molecule has 0 atom stereocenters. The molecule has 0 saturated carbocycles. The van der Waals surface area contributed by atoms with Crippen LogP contribution in [0.25, 0.3) is 0 Å². The van der Waals surface area contributed by atoms with Crippen LogP contribution >= 0.6 is 0 Å². The highest BCUT2D eigenvalue weighted by Gasteiger charge is 2.13. The number of hydrogen-bond acceptors (Lipinski definition) is 4. The van der Waals surface area contributed by atoms with Crippen LogP contribution in [0.15, 0.2) is 42.5 Å². The Balaban J connectivity index is 1.81. The smallest absolute Gasteiger partial charge is 0.248 e. The summed E-state index contributed by atoms with van der Waals surface area (Å²) < 4.78 is 26.4. The second kappa shape index (κ2) is 10.3. The molecule has 2 rings (SSSR count). The summed E-state index contributed by atoms with van der Waals surface area (Å²) in [4.78, 5) is 36.9. The fraction of sp³-hybridized carbons (Fsp3) is 0.250. The monoisotopic (exact) mass is 404 g/mol. The van der Waals surface area contributed by atoms with Gasteiger partial charge in [-0.1, -0.05) is 6.92 Å². The van der Waals surface area contributed by atoms with Crippen LogP contribution in [-0.2, 0) is 9.59 Å². The normalized spacial score (nSPS) is 10.6. The molecule has 154 valence electrons. The molecule has 0 aromatic heterocycles. The van der Waals surface area contributed by atoms with Gasteiger partial charge in [0.25, 0.3) is 0 Å². The number of nitrogens with two attached hydrogens (primary N) is 1. The molecule has 0 radical (unpaired) electrons. The quantitative estimate of drug-likeness (QED) is 0.597. The number of halogens is 2. The summed E-state index contributed by atoms with van der Waals surface area (Å²) in [5.41, 5.74) is 6.05. The van der Waals surface area contributed by atoms with Gasteiger partial charge in [0.15, 0.2) is 0 Å². The number of anilines is 2. The number of hydrogen-bond donors (Lipinski definition) is 3. The first-order valence-electron chi connectivity index (χ1n) is 8.95. The molecule has 4 N–H and O–H groups in total. The molecule has 0 aliphatic carbocycles. The van der Waals surface area contributed by atoms with E-state index < -0.39 is 23.4 Å². The molecule has 0 fully saturated rings. The van der Waals surface area contributed by atoms with Crippen LogP contribution in [0.1, 0.15) is 23.7 Å². The Morgan fingerprint density at radius 3 is 2.07 bits per heavy atom. The Morgan fingerprint density at radius 1 is 0.931 bits per heavy atom. The molecule has 0 heterocycles. The molecule has 0 aliphatic rings. The molecule has 2 aromatic carbocycles. The summed E-state index contributed by atoms with van der Waals surface area (Å²) in [6.07, 6.45) is 0.132. The molecule has 9 heteroatoms. The number of amides is 3. The Hall–Kier alpha value is -3.33. The molecular formula is C20H22F2N4O3. The number of carbonyl (C=O) groups excluding carboxylic acids is 3. The number of rotatable bonds is 9. The van der Waals surface area contributed by atoms with E-state index in [4.69, 9.17) is 5.73 Å². The minimum Gasteiger partial charge on any atom is -0.366 e. The minimum atomic E-state index is -0.784. The van der Waals surface area contributed by atoms with E-state index in [9.17, 15) is 23.2 Å². The van der Waals surface area contributed by atoms with E-state index >= 15 is 0 Å². The summed E-state index contributed by atoms with van der Waals surface area (Å²) in [6, 6.07) is 8.92. The van der Waals surface area contributed by atoms with Crippen molar-refractivity contribution >= 4 is 29.1 Å². The van der Waals surface area contributed by atoms with Crippen molar-refractivity contribution in [2.24, 2.45) is 5.73 Å². The maximum Gasteiger partial charge on any atom is 0.248 e. The van der Waals surface area contributed by atoms with Crippen molar-refractivity contribution in [2.75, 3.05) is 30.3 Å². The lowest BCUT2D eigenvalue weighted by Gasteiger charge is -2.19. The minimum absolute atomic E-state index is 0.0284. The molecule has 2 aromatic rings. The number of benzene rings is 2. The molecule has 7 nitrogen and oxygen atoms in total. The van der Waals surface area contributed by atoms with Gasteiger partial charge in [0.05, 0.1) is 6.54 Å². The first-order valence-corrected chi connectivity index (χ1v) is 8.95. The second-order valence-corrected chi connectivity index (χ2v) is 6.31. The summed E-state index contributed by atoms with van der Waals surface area (Å²) in [5, 5.41) is 5.12. The van der Waals surface area contributed by atoms with E-state index in [0.29, 0.717) is 30.4 Å². The molecule has 0 unspecified atom stereocenters. The van der Waals surface area contributed by atoms with Crippen LogP contribution in [0.3, 0.4) is 0 Å². The highest BCUT2D eigenvalue weighted by Crippen LogP contribution is 2.13. The van der Waals surface area contributed by atoms with E-state index in [1.807, 2.05) is 6.92 Å². The Bertz CT molecular complexity index is 868. The molecule has 3 amide bonds. The summed E-state index contributed by atoms with van der Waals surface area (Å²) in [5.74, 6) is -2.83. The predicted molar refractivity (Wildman–Crippen MR) is 105 cm³/mol. The number of likely N-dealkylation sites (N-methyl/N-ethyl adjacent to an activating group) is 1. The van der Waals surface area contributed by atoms with E-state index in [-0.39, 0.29) is 24.6 Å². The first kappa shape index (κ1) is 22.0.